The summed E-state index contributed by atoms with van der Waals surface area (Å²) >= 11 is 1.63. The van der Waals surface area contributed by atoms with Gasteiger partial charge in [0.1, 0.15) is 5.60 Å². The van der Waals surface area contributed by atoms with Crippen LogP contribution in [0.1, 0.15) is 45.8 Å². The van der Waals surface area contributed by atoms with E-state index >= 15 is 0 Å². The van der Waals surface area contributed by atoms with Crippen LogP contribution in [0.2, 0.25) is 0 Å². The molecule has 1 unspecified atom stereocenters. The molecule has 1 spiro atoms. The van der Waals surface area contributed by atoms with Crippen LogP contribution in [0.15, 0.2) is 6.07 Å². The van der Waals surface area contributed by atoms with Gasteiger partial charge in [0.25, 0.3) is 5.91 Å². The summed E-state index contributed by atoms with van der Waals surface area (Å²) < 4.78 is 6.26. The highest BCUT2D eigenvalue weighted by atomic mass is 32.1. The van der Waals surface area contributed by atoms with Gasteiger partial charge < -0.3 is 19.6 Å². The molecule has 3 aliphatic rings. The standard InChI is InChI=1S/C18H26N2O3S/c1-19-8-5-18(6-9-19)16-13(4-10-23-18)11-15(24-16)17(22)20-7-2-3-14(21)12-20/h11,14,21H,2-10,12H2,1H3. The van der Waals surface area contributed by atoms with Gasteiger partial charge >= 0.3 is 0 Å². The molecule has 3 aliphatic heterocycles. The summed E-state index contributed by atoms with van der Waals surface area (Å²) in [6.45, 7) is 4.06. The maximum atomic E-state index is 12.9. The van der Waals surface area contributed by atoms with Crippen molar-refractivity contribution in [2.24, 2.45) is 0 Å². The van der Waals surface area contributed by atoms with Crippen LogP contribution in [0, 0.1) is 0 Å². The number of carbonyl (C=O) groups excluding carboxylic acids is 1. The molecule has 4 heterocycles. The van der Waals surface area contributed by atoms with Gasteiger partial charge in [-0.05, 0) is 50.8 Å². The Balaban J connectivity index is 1.59. The molecule has 0 bridgehead atoms. The molecule has 24 heavy (non-hydrogen) atoms. The predicted molar refractivity (Wildman–Crippen MR) is 93.5 cm³/mol. The Kier molecular flexibility index (Phi) is 4.41. The van der Waals surface area contributed by atoms with Crippen LogP contribution in [0.3, 0.4) is 0 Å². The van der Waals surface area contributed by atoms with Gasteiger partial charge in [0.05, 0.1) is 17.6 Å². The lowest BCUT2D eigenvalue weighted by Crippen LogP contribution is -2.44. The monoisotopic (exact) mass is 350 g/mol. The SMILES string of the molecule is CN1CCC2(CC1)OCCc1cc(C(=O)N3CCCC(O)C3)sc12. The summed E-state index contributed by atoms with van der Waals surface area (Å²) in [5.41, 5.74) is 1.13. The first-order valence-electron chi connectivity index (χ1n) is 9.00. The first-order chi connectivity index (χ1) is 11.6. The van der Waals surface area contributed by atoms with Gasteiger partial charge in [0.2, 0.25) is 0 Å². The second-order valence-corrected chi connectivity index (χ2v) is 8.46. The Morgan fingerprint density at radius 1 is 1.38 bits per heavy atom. The molecule has 1 atom stereocenters. The van der Waals surface area contributed by atoms with Crippen LogP contribution in [-0.2, 0) is 16.8 Å². The van der Waals surface area contributed by atoms with Crippen molar-refractivity contribution >= 4 is 17.2 Å². The highest BCUT2D eigenvalue weighted by Gasteiger charge is 2.42. The average molecular weight is 350 g/mol. The number of ether oxygens (including phenoxy) is 1. The van der Waals surface area contributed by atoms with E-state index in [4.69, 9.17) is 4.74 Å². The van der Waals surface area contributed by atoms with Gasteiger partial charge in [-0.25, -0.2) is 0 Å². The molecule has 2 saturated heterocycles. The largest absolute Gasteiger partial charge is 0.391 e. The highest BCUT2D eigenvalue weighted by molar-refractivity contribution is 7.14. The zero-order valence-electron chi connectivity index (χ0n) is 14.3. The fourth-order valence-corrected chi connectivity index (χ4v) is 5.55. The lowest BCUT2D eigenvalue weighted by atomic mass is 9.85. The molecular weight excluding hydrogens is 324 g/mol. The third-order valence-electron chi connectivity index (χ3n) is 5.66. The molecular formula is C18H26N2O3S. The topological polar surface area (TPSA) is 53.0 Å². The molecule has 0 aliphatic carbocycles. The number of nitrogens with zero attached hydrogens (tertiary/aromatic N) is 2. The van der Waals surface area contributed by atoms with Gasteiger partial charge in [-0.2, -0.15) is 0 Å². The zero-order valence-corrected chi connectivity index (χ0v) is 15.1. The minimum Gasteiger partial charge on any atom is -0.391 e. The van der Waals surface area contributed by atoms with Gasteiger partial charge in [-0.3, -0.25) is 4.79 Å². The maximum Gasteiger partial charge on any atom is 0.264 e. The van der Waals surface area contributed by atoms with Crippen molar-refractivity contribution in [3.8, 4) is 0 Å². The number of piperidine rings is 2. The third-order valence-corrected chi connectivity index (χ3v) is 7.01. The summed E-state index contributed by atoms with van der Waals surface area (Å²) in [5.74, 6) is 0.0798. The van der Waals surface area contributed by atoms with Crippen molar-refractivity contribution in [2.45, 2.75) is 43.8 Å². The second-order valence-electron chi connectivity index (χ2n) is 7.41. The maximum absolute atomic E-state index is 12.9. The van der Waals surface area contributed by atoms with Gasteiger partial charge in [-0.1, -0.05) is 0 Å². The smallest absolute Gasteiger partial charge is 0.264 e. The highest BCUT2D eigenvalue weighted by Crippen LogP contribution is 2.45. The molecule has 0 aromatic carbocycles. The van der Waals surface area contributed by atoms with E-state index in [1.807, 2.05) is 4.90 Å². The number of hydrogen-bond acceptors (Lipinski definition) is 5. The van der Waals surface area contributed by atoms with Gasteiger partial charge in [0.15, 0.2) is 0 Å². The van der Waals surface area contributed by atoms with E-state index in [0.29, 0.717) is 6.54 Å². The first kappa shape index (κ1) is 16.5. The van der Waals surface area contributed by atoms with E-state index in [1.165, 1.54) is 10.4 Å². The molecule has 1 aromatic rings. The number of fused-ring (bicyclic) bond motifs is 2. The van der Waals surface area contributed by atoms with E-state index in [9.17, 15) is 9.90 Å². The Hall–Kier alpha value is -0.950. The van der Waals surface area contributed by atoms with E-state index in [1.54, 1.807) is 11.3 Å². The predicted octanol–water partition coefficient (Wildman–Crippen LogP) is 1.84. The van der Waals surface area contributed by atoms with Gasteiger partial charge in [0, 0.05) is 31.1 Å². The quantitative estimate of drug-likeness (QED) is 0.840. The van der Waals surface area contributed by atoms with Gasteiger partial charge in [-0.15, -0.1) is 11.3 Å². The number of likely N-dealkylation sites (tertiary alicyclic amines) is 2. The van der Waals surface area contributed by atoms with Crippen LogP contribution in [0.25, 0.3) is 0 Å². The Labute approximate surface area is 147 Å². The van der Waals surface area contributed by atoms with Crippen LogP contribution in [0.4, 0.5) is 0 Å². The number of thiophene rings is 1. The normalized spacial score (nSPS) is 27.2. The molecule has 6 heteroatoms. The van der Waals surface area contributed by atoms with E-state index in [2.05, 4.69) is 18.0 Å². The average Bonchev–Trinajstić information content (AvgIpc) is 3.03. The number of rotatable bonds is 1. The van der Waals surface area contributed by atoms with E-state index in [-0.39, 0.29) is 17.6 Å². The fourth-order valence-electron chi connectivity index (χ4n) is 4.17. The van der Waals surface area contributed by atoms with E-state index in [0.717, 1.165) is 63.2 Å². The number of hydrogen-bond donors (Lipinski definition) is 1. The molecule has 0 radical (unpaired) electrons. The lowest BCUT2D eigenvalue weighted by molar-refractivity contribution is -0.0921. The summed E-state index contributed by atoms with van der Waals surface area (Å²) in [4.78, 5) is 19.1. The van der Waals surface area contributed by atoms with Crippen molar-refractivity contribution in [3.63, 3.8) is 0 Å². The lowest BCUT2D eigenvalue weighted by Gasteiger charge is -2.42. The zero-order chi connectivity index (χ0) is 16.7. The molecule has 1 aromatic heterocycles. The van der Waals surface area contributed by atoms with Crippen molar-refractivity contribution < 1.29 is 14.6 Å². The summed E-state index contributed by atoms with van der Waals surface area (Å²) in [7, 11) is 2.15. The molecule has 1 N–H and O–H groups in total. The number of aliphatic hydroxyl groups is 1. The molecule has 2 fully saturated rings. The van der Waals surface area contributed by atoms with Crippen LogP contribution in [0.5, 0.6) is 0 Å². The summed E-state index contributed by atoms with van der Waals surface area (Å²) in [6.07, 6.45) is 4.23. The molecule has 132 valence electrons. The number of amides is 1. The van der Waals surface area contributed by atoms with Crippen LogP contribution in [-0.4, -0.2) is 66.8 Å². The van der Waals surface area contributed by atoms with Crippen molar-refractivity contribution in [2.75, 3.05) is 39.8 Å². The second kappa shape index (κ2) is 6.41. The number of carbonyl (C=O) groups is 1. The fraction of sp³-hybridized carbons (Fsp3) is 0.722. The number of β-amino-alcohol motifs (C(OH)–C–C–N with tert-alkyl or cyclic N) is 1. The summed E-state index contributed by atoms with van der Waals surface area (Å²) in [5, 5.41) is 9.85. The van der Waals surface area contributed by atoms with Crippen LogP contribution < -0.4 is 0 Å². The Morgan fingerprint density at radius 3 is 2.92 bits per heavy atom. The molecule has 5 nitrogen and oxygen atoms in total. The van der Waals surface area contributed by atoms with Crippen molar-refractivity contribution in [1.82, 2.24) is 9.80 Å². The van der Waals surface area contributed by atoms with E-state index < -0.39 is 0 Å². The Bertz CT molecular complexity index is 622. The van der Waals surface area contributed by atoms with Crippen molar-refractivity contribution in [1.29, 1.82) is 0 Å². The third kappa shape index (κ3) is 2.90. The van der Waals surface area contributed by atoms with Crippen LogP contribution >= 0.6 is 11.3 Å². The number of aliphatic hydroxyl groups excluding tert-OH is 1. The first-order valence-corrected chi connectivity index (χ1v) is 9.82. The Morgan fingerprint density at radius 2 is 2.17 bits per heavy atom. The minimum atomic E-state index is -0.374. The molecule has 1 amide bonds. The minimum absolute atomic E-state index is 0.0798. The van der Waals surface area contributed by atoms with Crippen molar-refractivity contribution in [3.05, 3.63) is 21.4 Å². The molecule has 0 saturated carbocycles. The molecule has 4 rings (SSSR count). The summed E-state index contributed by atoms with van der Waals surface area (Å²) in [6, 6.07) is 2.09.